The van der Waals surface area contributed by atoms with Crippen LogP contribution < -0.4 is 5.32 Å². The summed E-state index contributed by atoms with van der Waals surface area (Å²) >= 11 is 0. The first kappa shape index (κ1) is 14.3. The zero-order chi connectivity index (χ0) is 13.5. The van der Waals surface area contributed by atoms with Crippen molar-refractivity contribution in [1.29, 1.82) is 0 Å². The highest BCUT2D eigenvalue weighted by Gasteiger charge is 2.16. The van der Waals surface area contributed by atoms with Crippen LogP contribution in [-0.2, 0) is 0 Å². The number of nitrogens with one attached hydrogen (secondary N) is 1. The molecule has 1 heterocycles. The minimum atomic E-state index is -0.789. The molecule has 5 heteroatoms. The summed E-state index contributed by atoms with van der Waals surface area (Å²) in [5.41, 5.74) is 1.30. The van der Waals surface area contributed by atoms with Crippen molar-refractivity contribution in [3.8, 4) is 0 Å². The van der Waals surface area contributed by atoms with Crippen molar-refractivity contribution in [1.82, 2.24) is 5.32 Å². The van der Waals surface area contributed by atoms with E-state index in [0.29, 0.717) is 0 Å². The molecule has 98 valence electrons. The lowest BCUT2D eigenvalue weighted by molar-refractivity contribution is -0.387. The normalized spacial score (nSPS) is 14.3. The molecular formula is C13H17FN2O2. The van der Waals surface area contributed by atoms with Gasteiger partial charge in [-0.05, 0) is 30.2 Å². The zero-order valence-corrected chi connectivity index (χ0v) is 10.6. The summed E-state index contributed by atoms with van der Waals surface area (Å²) in [5.74, 6) is -0.789. The summed E-state index contributed by atoms with van der Waals surface area (Å²) < 4.78 is 13.1. The van der Waals surface area contributed by atoms with Gasteiger partial charge in [-0.1, -0.05) is 26.0 Å². The molecule has 0 unspecified atom stereocenters. The molecule has 0 aromatic heterocycles. The zero-order valence-electron chi connectivity index (χ0n) is 10.6. The van der Waals surface area contributed by atoms with Crippen molar-refractivity contribution in [3.63, 3.8) is 0 Å². The van der Waals surface area contributed by atoms with Crippen molar-refractivity contribution in [3.05, 3.63) is 45.8 Å². The fourth-order valence-corrected chi connectivity index (χ4v) is 1.74. The van der Waals surface area contributed by atoms with Crippen LogP contribution in [0.4, 0.5) is 10.1 Å². The highest BCUT2D eigenvalue weighted by atomic mass is 19.1. The molecule has 0 spiro atoms. The van der Waals surface area contributed by atoms with Gasteiger partial charge in [-0.3, -0.25) is 10.1 Å². The van der Waals surface area contributed by atoms with Crippen LogP contribution in [0, 0.1) is 15.9 Å². The quantitative estimate of drug-likeness (QED) is 0.649. The minimum absolute atomic E-state index is 0.461. The van der Waals surface area contributed by atoms with Crippen LogP contribution in [0.3, 0.4) is 0 Å². The third-order valence-corrected chi connectivity index (χ3v) is 2.58. The van der Waals surface area contributed by atoms with Crippen LogP contribution in [-0.4, -0.2) is 18.0 Å². The number of rotatable bonds is 2. The van der Waals surface area contributed by atoms with Gasteiger partial charge in [-0.2, -0.15) is 4.39 Å². The highest BCUT2D eigenvalue weighted by molar-refractivity contribution is 5.68. The Kier molecular flexibility index (Phi) is 5.45. The molecule has 0 amide bonds. The Labute approximate surface area is 106 Å². The fourth-order valence-electron chi connectivity index (χ4n) is 1.74. The van der Waals surface area contributed by atoms with E-state index in [4.69, 9.17) is 0 Å². The van der Waals surface area contributed by atoms with Gasteiger partial charge >= 0.3 is 5.69 Å². The maximum atomic E-state index is 13.1. The number of halogens is 1. The van der Waals surface area contributed by atoms with Crippen LogP contribution in [0.25, 0.3) is 5.57 Å². The van der Waals surface area contributed by atoms with E-state index in [1.807, 2.05) is 19.9 Å². The molecule has 0 fully saturated rings. The van der Waals surface area contributed by atoms with E-state index in [1.165, 1.54) is 6.07 Å². The number of hydrogen-bond acceptors (Lipinski definition) is 3. The van der Waals surface area contributed by atoms with Crippen LogP contribution in [0.1, 0.15) is 25.8 Å². The molecule has 0 saturated carbocycles. The molecule has 4 nitrogen and oxygen atoms in total. The smallest absolute Gasteiger partial charge is 0.305 e. The van der Waals surface area contributed by atoms with Crippen molar-refractivity contribution in [2.75, 3.05) is 13.1 Å². The maximum absolute atomic E-state index is 13.1. The third-order valence-electron chi connectivity index (χ3n) is 2.58. The number of nitrogens with zero attached hydrogens (tertiary/aromatic N) is 1. The van der Waals surface area contributed by atoms with Crippen molar-refractivity contribution in [2.45, 2.75) is 20.3 Å². The van der Waals surface area contributed by atoms with Crippen LogP contribution in [0.5, 0.6) is 0 Å². The SMILES string of the molecule is CC.O=[N+]([O-])c1cc(C2=CCNCC2)ccc1F. The van der Waals surface area contributed by atoms with Gasteiger partial charge in [-0.15, -0.1) is 0 Å². The predicted molar refractivity (Wildman–Crippen MR) is 69.9 cm³/mol. The van der Waals surface area contributed by atoms with E-state index in [0.717, 1.165) is 36.7 Å². The molecule has 1 aliphatic rings. The predicted octanol–water partition coefficient (Wildman–Crippen LogP) is 3.14. The molecule has 0 radical (unpaired) electrons. The summed E-state index contributed by atoms with van der Waals surface area (Å²) in [5, 5.41) is 13.7. The molecular weight excluding hydrogens is 235 g/mol. The summed E-state index contributed by atoms with van der Waals surface area (Å²) in [4.78, 5) is 9.90. The lowest BCUT2D eigenvalue weighted by Gasteiger charge is -2.13. The molecule has 1 N–H and O–H groups in total. The molecule has 0 saturated heterocycles. The van der Waals surface area contributed by atoms with Gasteiger partial charge in [0.25, 0.3) is 0 Å². The average molecular weight is 252 g/mol. The highest BCUT2D eigenvalue weighted by Crippen LogP contribution is 2.25. The van der Waals surface area contributed by atoms with E-state index in [1.54, 1.807) is 6.07 Å². The molecule has 0 bridgehead atoms. The lowest BCUT2D eigenvalue weighted by atomic mass is 10.00. The molecule has 18 heavy (non-hydrogen) atoms. The average Bonchev–Trinajstić information content (AvgIpc) is 2.42. The monoisotopic (exact) mass is 252 g/mol. The third kappa shape index (κ3) is 3.37. The Bertz CT molecular complexity index is 458. The maximum Gasteiger partial charge on any atom is 0.305 e. The summed E-state index contributed by atoms with van der Waals surface area (Å²) in [7, 11) is 0. The molecule has 1 aliphatic heterocycles. The van der Waals surface area contributed by atoms with E-state index >= 15 is 0 Å². The second-order valence-corrected chi connectivity index (χ2v) is 3.61. The van der Waals surface area contributed by atoms with Gasteiger partial charge in [-0.25, -0.2) is 0 Å². The van der Waals surface area contributed by atoms with Gasteiger partial charge in [0.05, 0.1) is 4.92 Å². The Hall–Kier alpha value is -1.75. The van der Waals surface area contributed by atoms with Gasteiger partial charge in [0.2, 0.25) is 5.82 Å². The number of nitro benzene ring substituents is 1. The van der Waals surface area contributed by atoms with Crippen LogP contribution >= 0.6 is 0 Å². The lowest BCUT2D eigenvalue weighted by Crippen LogP contribution is -2.20. The van der Waals surface area contributed by atoms with E-state index in [-0.39, 0.29) is 0 Å². The van der Waals surface area contributed by atoms with Crippen molar-refractivity contribution < 1.29 is 9.31 Å². The summed E-state index contributed by atoms with van der Waals surface area (Å²) in [6.07, 6.45) is 2.78. The Morgan fingerprint density at radius 1 is 1.39 bits per heavy atom. The Morgan fingerprint density at radius 2 is 2.11 bits per heavy atom. The Balaban J connectivity index is 0.000000771. The number of hydrogen-bond donors (Lipinski definition) is 1. The molecule has 1 aromatic carbocycles. The van der Waals surface area contributed by atoms with Gasteiger partial charge in [0.15, 0.2) is 0 Å². The van der Waals surface area contributed by atoms with E-state index < -0.39 is 16.4 Å². The van der Waals surface area contributed by atoms with E-state index in [2.05, 4.69) is 5.32 Å². The van der Waals surface area contributed by atoms with Gasteiger partial charge < -0.3 is 5.32 Å². The van der Waals surface area contributed by atoms with Gasteiger partial charge in [0.1, 0.15) is 0 Å². The van der Waals surface area contributed by atoms with Gasteiger partial charge in [0, 0.05) is 12.6 Å². The molecule has 2 rings (SSSR count). The number of benzene rings is 1. The first-order chi connectivity index (χ1) is 8.68. The Morgan fingerprint density at radius 3 is 2.67 bits per heavy atom. The van der Waals surface area contributed by atoms with E-state index in [9.17, 15) is 14.5 Å². The summed E-state index contributed by atoms with van der Waals surface area (Å²) in [6, 6.07) is 4.03. The summed E-state index contributed by atoms with van der Waals surface area (Å²) in [6.45, 7) is 5.59. The fraction of sp³-hybridized carbons (Fsp3) is 0.385. The van der Waals surface area contributed by atoms with Crippen LogP contribution in [0.2, 0.25) is 0 Å². The molecule has 1 aromatic rings. The minimum Gasteiger partial charge on any atom is -0.313 e. The standard InChI is InChI=1S/C11H11FN2O2.C2H6/c12-10-2-1-9(7-11(10)14(15)16)8-3-5-13-6-4-8;1-2/h1-3,7,13H,4-6H2;1-2H3. The second kappa shape index (κ2) is 6.86. The topological polar surface area (TPSA) is 55.2 Å². The second-order valence-electron chi connectivity index (χ2n) is 3.61. The molecule has 0 aliphatic carbocycles. The first-order valence-electron chi connectivity index (χ1n) is 6.02. The molecule has 0 atom stereocenters. The van der Waals surface area contributed by atoms with Crippen molar-refractivity contribution >= 4 is 11.3 Å². The number of nitro groups is 1. The first-order valence-corrected chi connectivity index (χ1v) is 6.02. The van der Waals surface area contributed by atoms with Crippen LogP contribution in [0.15, 0.2) is 24.3 Å². The van der Waals surface area contributed by atoms with Crippen molar-refractivity contribution in [2.24, 2.45) is 0 Å². The largest absolute Gasteiger partial charge is 0.313 e.